The van der Waals surface area contributed by atoms with Gasteiger partial charge in [0.05, 0.1) is 18.4 Å². The molecule has 144 valence electrons. The fraction of sp³-hybridized carbons (Fsp3) is 0.263. The van der Waals surface area contributed by atoms with Gasteiger partial charge in [-0.1, -0.05) is 41.9 Å². The summed E-state index contributed by atoms with van der Waals surface area (Å²) in [6.45, 7) is 0. The number of hydrogen-bond donors (Lipinski definition) is 2. The number of alkyl halides is 3. The van der Waals surface area contributed by atoms with Gasteiger partial charge < -0.3 is 10.4 Å². The average molecular weight is 400 g/mol. The van der Waals surface area contributed by atoms with Crippen LogP contribution in [0.1, 0.15) is 23.1 Å². The lowest BCUT2D eigenvalue weighted by Crippen LogP contribution is -2.39. The lowest BCUT2D eigenvalue weighted by molar-refractivity contribution is -0.138. The highest BCUT2D eigenvalue weighted by Gasteiger charge is 2.30. The highest BCUT2D eigenvalue weighted by atomic mass is 35.5. The SMILES string of the molecule is O=C(O)CC(Cc1ccc(Cl)cc1)NC(=O)Cc1cccc(C(F)(F)F)c1. The van der Waals surface area contributed by atoms with Gasteiger partial charge in [-0.3, -0.25) is 9.59 Å². The van der Waals surface area contributed by atoms with Gasteiger partial charge in [-0.15, -0.1) is 0 Å². The largest absolute Gasteiger partial charge is 0.481 e. The second kappa shape index (κ2) is 8.90. The summed E-state index contributed by atoms with van der Waals surface area (Å²) in [7, 11) is 0. The van der Waals surface area contributed by atoms with Crippen molar-refractivity contribution in [2.24, 2.45) is 0 Å². The minimum atomic E-state index is -4.49. The first-order chi connectivity index (χ1) is 12.6. The van der Waals surface area contributed by atoms with Crippen molar-refractivity contribution in [3.8, 4) is 0 Å². The molecule has 0 fully saturated rings. The molecule has 2 N–H and O–H groups in total. The second-order valence-electron chi connectivity index (χ2n) is 6.07. The Morgan fingerprint density at radius 1 is 1.07 bits per heavy atom. The molecule has 2 rings (SSSR count). The molecule has 8 heteroatoms. The van der Waals surface area contributed by atoms with Crippen molar-refractivity contribution in [3.05, 3.63) is 70.2 Å². The number of halogens is 4. The molecule has 1 amide bonds. The quantitative estimate of drug-likeness (QED) is 0.736. The molecular formula is C19H17ClF3NO3. The van der Waals surface area contributed by atoms with Crippen LogP contribution in [0.4, 0.5) is 13.2 Å². The summed E-state index contributed by atoms with van der Waals surface area (Å²) in [5.41, 5.74) is 0.143. The Kier molecular flexibility index (Phi) is 6.85. The molecule has 1 atom stereocenters. The number of rotatable bonds is 7. The van der Waals surface area contributed by atoms with E-state index in [1.807, 2.05) is 0 Å². The lowest BCUT2D eigenvalue weighted by Gasteiger charge is -2.17. The van der Waals surface area contributed by atoms with Gasteiger partial charge in [-0.05, 0) is 35.7 Å². The highest BCUT2D eigenvalue weighted by molar-refractivity contribution is 6.30. The zero-order valence-electron chi connectivity index (χ0n) is 14.1. The van der Waals surface area contributed by atoms with Crippen LogP contribution in [0.25, 0.3) is 0 Å². The summed E-state index contributed by atoms with van der Waals surface area (Å²) in [6, 6.07) is 10.5. The molecular weight excluding hydrogens is 383 g/mol. The Labute approximate surface area is 159 Å². The van der Waals surface area contributed by atoms with E-state index in [-0.39, 0.29) is 24.8 Å². The smallest absolute Gasteiger partial charge is 0.416 e. The molecule has 0 spiro atoms. The van der Waals surface area contributed by atoms with Crippen molar-refractivity contribution >= 4 is 23.5 Å². The monoisotopic (exact) mass is 399 g/mol. The maximum atomic E-state index is 12.8. The number of amides is 1. The number of aliphatic carboxylic acids is 1. The summed E-state index contributed by atoms with van der Waals surface area (Å²) in [5, 5.41) is 12.2. The third kappa shape index (κ3) is 6.94. The van der Waals surface area contributed by atoms with Crippen molar-refractivity contribution in [2.45, 2.75) is 31.5 Å². The molecule has 2 aromatic rings. The van der Waals surface area contributed by atoms with E-state index in [2.05, 4.69) is 5.32 Å². The third-order valence-corrected chi connectivity index (χ3v) is 4.05. The number of carboxylic acid groups (broad SMARTS) is 1. The lowest BCUT2D eigenvalue weighted by atomic mass is 10.0. The molecule has 0 saturated carbocycles. The molecule has 0 radical (unpaired) electrons. The van der Waals surface area contributed by atoms with Crippen LogP contribution < -0.4 is 5.32 Å². The van der Waals surface area contributed by atoms with E-state index in [9.17, 15) is 22.8 Å². The molecule has 2 aromatic carbocycles. The van der Waals surface area contributed by atoms with Crippen molar-refractivity contribution in [3.63, 3.8) is 0 Å². The van der Waals surface area contributed by atoms with E-state index < -0.39 is 29.7 Å². The van der Waals surface area contributed by atoms with Gasteiger partial charge >= 0.3 is 12.1 Å². The van der Waals surface area contributed by atoms with Crippen molar-refractivity contribution in [1.29, 1.82) is 0 Å². The van der Waals surface area contributed by atoms with E-state index in [4.69, 9.17) is 16.7 Å². The van der Waals surface area contributed by atoms with Crippen molar-refractivity contribution in [2.75, 3.05) is 0 Å². The summed E-state index contributed by atoms with van der Waals surface area (Å²) >= 11 is 5.81. The molecule has 0 heterocycles. The van der Waals surface area contributed by atoms with Gasteiger partial charge in [-0.2, -0.15) is 13.2 Å². The summed E-state index contributed by atoms with van der Waals surface area (Å²) in [6.07, 6.45) is -4.82. The third-order valence-electron chi connectivity index (χ3n) is 3.80. The van der Waals surface area contributed by atoms with Crippen molar-refractivity contribution < 1.29 is 27.9 Å². The van der Waals surface area contributed by atoms with Crippen LogP contribution in [0, 0.1) is 0 Å². The predicted molar refractivity (Wildman–Crippen MR) is 94.5 cm³/mol. The average Bonchev–Trinajstić information content (AvgIpc) is 2.55. The fourth-order valence-corrected chi connectivity index (χ4v) is 2.74. The van der Waals surface area contributed by atoms with E-state index in [0.29, 0.717) is 5.02 Å². The summed E-state index contributed by atoms with van der Waals surface area (Å²) in [4.78, 5) is 23.3. The van der Waals surface area contributed by atoms with Crippen LogP contribution in [0.15, 0.2) is 48.5 Å². The summed E-state index contributed by atoms with van der Waals surface area (Å²) < 4.78 is 38.3. The first kappa shape index (κ1) is 20.8. The molecule has 0 saturated heterocycles. The minimum absolute atomic E-state index is 0.197. The maximum Gasteiger partial charge on any atom is 0.416 e. The number of carboxylic acids is 1. The van der Waals surface area contributed by atoms with E-state index in [1.165, 1.54) is 12.1 Å². The first-order valence-corrected chi connectivity index (χ1v) is 8.43. The molecule has 1 unspecified atom stereocenters. The maximum absolute atomic E-state index is 12.8. The van der Waals surface area contributed by atoms with Crippen LogP contribution in [0.3, 0.4) is 0 Å². The molecule has 0 aliphatic carbocycles. The Balaban J connectivity index is 2.05. The van der Waals surface area contributed by atoms with Gasteiger partial charge in [-0.25, -0.2) is 0 Å². The van der Waals surface area contributed by atoms with Gasteiger partial charge in [0.1, 0.15) is 0 Å². The first-order valence-electron chi connectivity index (χ1n) is 8.05. The van der Waals surface area contributed by atoms with E-state index >= 15 is 0 Å². The van der Waals surface area contributed by atoms with Crippen molar-refractivity contribution in [1.82, 2.24) is 5.32 Å². The van der Waals surface area contributed by atoms with Crippen LogP contribution in [0.2, 0.25) is 5.02 Å². The Morgan fingerprint density at radius 3 is 2.33 bits per heavy atom. The molecule has 4 nitrogen and oxygen atoms in total. The number of carbonyl (C=O) groups excluding carboxylic acids is 1. The van der Waals surface area contributed by atoms with Gasteiger partial charge in [0.15, 0.2) is 0 Å². The van der Waals surface area contributed by atoms with Gasteiger partial charge in [0.25, 0.3) is 0 Å². The number of nitrogens with one attached hydrogen (secondary N) is 1. The Bertz CT molecular complexity index is 807. The standard InChI is InChI=1S/C19H17ClF3NO3/c20-15-6-4-12(5-7-15)9-16(11-18(26)27)24-17(25)10-13-2-1-3-14(8-13)19(21,22)23/h1-8,16H,9-11H2,(H,24,25)(H,26,27). The number of hydrogen-bond acceptors (Lipinski definition) is 2. The Hall–Kier alpha value is -2.54. The van der Waals surface area contributed by atoms with E-state index in [1.54, 1.807) is 24.3 Å². The second-order valence-corrected chi connectivity index (χ2v) is 6.50. The molecule has 27 heavy (non-hydrogen) atoms. The molecule has 0 aliphatic heterocycles. The summed E-state index contributed by atoms with van der Waals surface area (Å²) in [5.74, 6) is -1.64. The van der Waals surface area contributed by atoms with Gasteiger partial charge in [0, 0.05) is 11.1 Å². The fourth-order valence-electron chi connectivity index (χ4n) is 2.61. The molecule has 0 aromatic heterocycles. The van der Waals surface area contributed by atoms with Crippen LogP contribution in [-0.2, 0) is 28.6 Å². The topological polar surface area (TPSA) is 66.4 Å². The van der Waals surface area contributed by atoms with Crippen LogP contribution >= 0.6 is 11.6 Å². The van der Waals surface area contributed by atoms with E-state index in [0.717, 1.165) is 17.7 Å². The zero-order chi connectivity index (χ0) is 20.0. The normalized spacial score (nSPS) is 12.4. The van der Waals surface area contributed by atoms with Crippen LogP contribution in [0.5, 0.6) is 0 Å². The molecule has 0 aliphatic rings. The Morgan fingerprint density at radius 2 is 1.74 bits per heavy atom. The minimum Gasteiger partial charge on any atom is -0.481 e. The van der Waals surface area contributed by atoms with Gasteiger partial charge in [0.2, 0.25) is 5.91 Å². The molecule has 0 bridgehead atoms. The number of benzene rings is 2. The predicted octanol–water partition coefficient (Wildman–Crippen LogP) is 4.10. The number of carbonyl (C=O) groups is 2. The van der Waals surface area contributed by atoms with Crippen LogP contribution in [-0.4, -0.2) is 23.0 Å². The highest BCUT2D eigenvalue weighted by Crippen LogP contribution is 2.29. The zero-order valence-corrected chi connectivity index (χ0v) is 14.8.